The van der Waals surface area contributed by atoms with Gasteiger partial charge in [-0.3, -0.25) is 9.36 Å². The molecule has 0 saturated heterocycles. The molecule has 0 radical (unpaired) electrons. The van der Waals surface area contributed by atoms with E-state index in [-0.39, 0.29) is 11.7 Å². The minimum atomic E-state index is -0.0188. The van der Waals surface area contributed by atoms with Crippen molar-refractivity contribution in [2.24, 2.45) is 0 Å². The van der Waals surface area contributed by atoms with Gasteiger partial charge in [-0.25, -0.2) is 0 Å². The van der Waals surface area contributed by atoms with Crippen LogP contribution in [0.4, 0.5) is 0 Å². The highest BCUT2D eigenvalue weighted by atomic mass is 32.1. The number of hydrogen-bond acceptors (Lipinski definition) is 4. The molecule has 3 rings (SSSR count). The van der Waals surface area contributed by atoms with Gasteiger partial charge in [-0.15, -0.1) is 11.3 Å². The first-order valence-electron chi connectivity index (χ1n) is 7.50. The lowest BCUT2D eigenvalue weighted by molar-refractivity contribution is 0.0629. The summed E-state index contributed by atoms with van der Waals surface area (Å²) in [4.78, 5) is 18.4. The maximum atomic E-state index is 12.8. The second-order valence-electron chi connectivity index (χ2n) is 5.53. The van der Waals surface area contributed by atoms with Crippen molar-refractivity contribution in [1.82, 2.24) is 9.55 Å². The van der Waals surface area contributed by atoms with Crippen LogP contribution in [0.3, 0.4) is 0 Å². The van der Waals surface area contributed by atoms with Gasteiger partial charge in [-0.05, 0) is 57.3 Å². The summed E-state index contributed by atoms with van der Waals surface area (Å²) in [5.74, 6) is 0. The zero-order chi connectivity index (χ0) is 15.0. The quantitative estimate of drug-likeness (QED) is 0.877. The number of fused-ring (bicyclic) bond motifs is 3. The molecule has 0 saturated carbocycles. The molecule has 0 fully saturated rings. The van der Waals surface area contributed by atoms with Gasteiger partial charge in [0.25, 0.3) is 5.56 Å². The minimum absolute atomic E-state index is 0.0188. The highest BCUT2D eigenvalue weighted by Crippen LogP contribution is 2.33. The van der Waals surface area contributed by atoms with E-state index in [9.17, 15) is 4.79 Å². The summed E-state index contributed by atoms with van der Waals surface area (Å²) in [6.45, 7) is 5.07. The molecule has 6 heteroatoms. The number of thiophene rings is 1. The first-order chi connectivity index (χ1) is 10.1. The van der Waals surface area contributed by atoms with E-state index in [0.717, 1.165) is 23.1 Å². The molecule has 1 aliphatic carbocycles. The van der Waals surface area contributed by atoms with Gasteiger partial charge in [0, 0.05) is 11.5 Å². The molecule has 2 aromatic rings. The fourth-order valence-electron chi connectivity index (χ4n) is 3.03. The van der Waals surface area contributed by atoms with Crippen LogP contribution in [-0.4, -0.2) is 22.3 Å². The molecule has 0 aromatic carbocycles. The zero-order valence-electron chi connectivity index (χ0n) is 12.4. The molecule has 1 N–H and O–H groups in total. The van der Waals surface area contributed by atoms with Crippen molar-refractivity contribution in [2.45, 2.75) is 52.2 Å². The van der Waals surface area contributed by atoms with Crippen molar-refractivity contribution >= 4 is 33.8 Å². The predicted octanol–water partition coefficient (Wildman–Crippen LogP) is 3.42. The number of H-pyrrole nitrogens is 1. The molecule has 2 aromatic heterocycles. The van der Waals surface area contributed by atoms with Gasteiger partial charge in [-0.1, -0.05) is 0 Å². The van der Waals surface area contributed by atoms with E-state index in [0.29, 0.717) is 17.9 Å². The van der Waals surface area contributed by atoms with E-state index in [4.69, 9.17) is 17.0 Å². The number of nitrogens with zero attached hydrogens (tertiary/aromatic N) is 1. The van der Waals surface area contributed by atoms with Crippen molar-refractivity contribution in [3.8, 4) is 0 Å². The van der Waals surface area contributed by atoms with E-state index >= 15 is 0 Å². The van der Waals surface area contributed by atoms with E-state index in [1.54, 1.807) is 15.9 Å². The number of aromatic amines is 1. The third-order valence-electron chi connectivity index (χ3n) is 3.99. The van der Waals surface area contributed by atoms with Crippen molar-refractivity contribution in [3.05, 3.63) is 25.6 Å². The number of aryl methyl sites for hydroxylation is 2. The summed E-state index contributed by atoms with van der Waals surface area (Å²) in [7, 11) is 0. The molecule has 1 unspecified atom stereocenters. The monoisotopic (exact) mass is 324 g/mol. The van der Waals surface area contributed by atoms with Crippen molar-refractivity contribution in [1.29, 1.82) is 0 Å². The largest absolute Gasteiger partial charge is 0.377 e. The maximum absolute atomic E-state index is 12.8. The summed E-state index contributed by atoms with van der Waals surface area (Å²) >= 11 is 7.07. The molecular weight excluding hydrogens is 304 g/mol. The molecular formula is C15H20N2O2S2. The number of rotatable bonds is 4. The van der Waals surface area contributed by atoms with Crippen LogP contribution in [0.15, 0.2) is 4.79 Å². The van der Waals surface area contributed by atoms with E-state index < -0.39 is 0 Å². The molecule has 114 valence electrons. The van der Waals surface area contributed by atoms with Crippen molar-refractivity contribution in [3.63, 3.8) is 0 Å². The second kappa shape index (κ2) is 6.02. The number of hydrogen-bond donors (Lipinski definition) is 1. The Labute approximate surface area is 132 Å². The molecule has 0 aliphatic heterocycles. The van der Waals surface area contributed by atoms with Crippen LogP contribution in [0.5, 0.6) is 0 Å². The van der Waals surface area contributed by atoms with Gasteiger partial charge in [-0.2, -0.15) is 0 Å². The van der Waals surface area contributed by atoms with E-state index in [1.165, 1.54) is 23.3 Å². The molecule has 1 atom stereocenters. The number of nitrogens with one attached hydrogen (secondary N) is 1. The fourth-order valence-corrected chi connectivity index (χ4v) is 4.64. The Hall–Kier alpha value is -0.980. The van der Waals surface area contributed by atoms with Gasteiger partial charge >= 0.3 is 0 Å². The summed E-state index contributed by atoms with van der Waals surface area (Å²) in [5.41, 5.74) is 1.29. The Balaban J connectivity index is 2.13. The minimum Gasteiger partial charge on any atom is -0.377 e. The summed E-state index contributed by atoms with van der Waals surface area (Å²) in [6, 6.07) is 0. The smallest absolute Gasteiger partial charge is 0.263 e. The first-order valence-corrected chi connectivity index (χ1v) is 8.73. The van der Waals surface area contributed by atoms with Crippen molar-refractivity contribution < 1.29 is 4.74 Å². The van der Waals surface area contributed by atoms with Crippen LogP contribution in [0.2, 0.25) is 0 Å². The third kappa shape index (κ3) is 2.72. The average molecular weight is 324 g/mol. The lowest BCUT2D eigenvalue weighted by Gasteiger charge is -2.14. The Morgan fingerprint density at radius 2 is 2.19 bits per heavy atom. The normalized spacial score (nSPS) is 16.1. The van der Waals surface area contributed by atoms with Gasteiger partial charge in [0.2, 0.25) is 0 Å². The van der Waals surface area contributed by atoms with Gasteiger partial charge in [0.1, 0.15) is 4.83 Å². The number of ether oxygens (including phenoxy) is 1. The summed E-state index contributed by atoms with van der Waals surface area (Å²) in [5, 5.41) is 0.854. The highest BCUT2D eigenvalue weighted by Gasteiger charge is 2.20. The third-order valence-corrected chi connectivity index (χ3v) is 5.52. The Morgan fingerprint density at radius 3 is 2.95 bits per heavy atom. The van der Waals surface area contributed by atoms with Crippen LogP contribution in [0.25, 0.3) is 10.2 Å². The first kappa shape index (κ1) is 14.9. The van der Waals surface area contributed by atoms with E-state index in [2.05, 4.69) is 4.98 Å². The van der Waals surface area contributed by atoms with Crippen molar-refractivity contribution in [2.75, 3.05) is 6.61 Å². The summed E-state index contributed by atoms with van der Waals surface area (Å²) in [6.07, 6.45) is 4.47. The zero-order valence-corrected chi connectivity index (χ0v) is 14.0. The summed E-state index contributed by atoms with van der Waals surface area (Å²) < 4.78 is 7.69. The fraction of sp³-hybridized carbons (Fsp3) is 0.600. The molecule has 0 bridgehead atoms. The maximum Gasteiger partial charge on any atom is 0.263 e. The van der Waals surface area contributed by atoms with Gasteiger partial charge in [0.15, 0.2) is 4.77 Å². The van der Waals surface area contributed by atoms with Crippen LogP contribution in [0, 0.1) is 4.77 Å². The number of aromatic nitrogens is 2. The van der Waals surface area contributed by atoms with Gasteiger partial charge < -0.3 is 9.72 Å². The standard InChI is InChI=1S/C15H20N2O2S2/c1-3-19-9(2)8-17-14(18)12-10-6-4-5-7-11(10)21-13(12)16-15(17)20/h9H,3-8H2,1-2H3,(H,16,20). The molecule has 21 heavy (non-hydrogen) atoms. The molecule has 0 amide bonds. The SMILES string of the molecule is CCOC(C)Cn1c(=S)[nH]c2sc3c(c2c1=O)CCCC3. The van der Waals surface area contributed by atoms with Crippen LogP contribution < -0.4 is 5.56 Å². The second-order valence-corrected chi connectivity index (χ2v) is 7.02. The van der Waals surface area contributed by atoms with Crippen LogP contribution >= 0.6 is 23.6 Å². The lowest BCUT2D eigenvalue weighted by atomic mass is 9.97. The lowest BCUT2D eigenvalue weighted by Crippen LogP contribution is -2.28. The molecule has 0 spiro atoms. The van der Waals surface area contributed by atoms with Gasteiger partial charge in [0.05, 0.1) is 18.0 Å². The predicted molar refractivity (Wildman–Crippen MR) is 89.0 cm³/mol. The topological polar surface area (TPSA) is 47.0 Å². The Kier molecular flexibility index (Phi) is 4.28. The Bertz CT molecular complexity index is 772. The van der Waals surface area contributed by atoms with Crippen LogP contribution in [-0.2, 0) is 24.1 Å². The molecule has 2 heterocycles. The highest BCUT2D eigenvalue weighted by molar-refractivity contribution is 7.71. The Morgan fingerprint density at radius 1 is 1.43 bits per heavy atom. The molecule has 4 nitrogen and oxygen atoms in total. The molecule has 1 aliphatic rings. The van der Waals surface area contributed by atoms with Crippen LogP contribution in [0.1, 0.15) is 37.1 Å². The van der Waals surface area contributed by atoms with E-state index in [1.807, 2.05) is 13.8 Å². The average Bonchev–Trinajstić information content (AvgIpc) is 2.81.